The van der Waals surface area contributed by atoms with Crippen molar-refractivity contribution in [3.8, 4) is 11.5 Å². The molecule has 2 aromatic carbocycles. The van der Waals surface area contributed by atoms with E-state index in [1.165, 1.54) is 0 Å². The number of carbonyl (C=O) groups excluding carboxylic acids is 2. The maximum atomic E-state index is 12.5. The molecule has 0 bridgehead atoms. The second kappa shape index (κ2) is 11.3. The third kappa shape index (κ3) is 7.57. The summed E-state index contributed by atoms with van der Waals surface area (Å²) in [5, 5.41) is 2.47. The van der Waals surface area contributed by atoms with Crippen molar-refractivity contribution >= 4 is 29.1 Å². The normalized spacial score (nSPS) is 10.5. The molecule has 0 aliphatic carbocycles. The van der Waals surface area contributed by atoms with E-state index in [1.807, 2.05) is 39.0 Å². The molecule has 7 nitrogen and oxygen atoms in total. The number of nitrogens with one attached hydrogen (secondary N) is 3. The van der Waals surface area contributed by atoms with E-state index in [0.29, 0.717) is 17.1 Å². The SMILES string of the molecule is Cc1ccc(C(C)C)c(OCC(=O)NNC(=S)NC(=O)c2ccccc2OC(C)C)c1. The number of ether oxygens (including phenoxy) is 2. The number of thiocarbonyl (C=S) groups is 1. The van der Waals surface area contributed by atoms with Crippen LogP contribution < -0.4 is 25.6 Å². The number of hydrogen-bond donors (Lipinski definition) is 3. The predicted molar refractivity (Wildman–Crippen MR) is 124 cm³/mol. The van der Waals surface area contributed by atoms with E-state index in [9.17, 15) is 9.59 Å². The van der Waals surface area contributed by atoms with Crippen LogP contribution in [0.15, 0.2) is 42.5 Å². The number of aryl methyl sites for hydroxylation is 1. The van der Waals surface area contributed by atoms with E-state index in [0.717, 1.165) is 11.1 Å². The van der Waals surface area contributed by atoms with Crippen LogP contribution in [0.4, 0.5) is 0 Å². The van der Waals surface area contributed by atoms with Crippen LogP contribution in [-0.4, -0.2) is 29.6 Å². The summed E-state index contributed by atoms with van der Waals surface area (Å²) in [4.78, 5) is 24.6. The van der Waals surface area contributed by atoms with Gasteiger partial charge in [-0.2, -0.15) is 0 Å². The molecule has 0 unspecified atom stereocenters. The van der Waals surface area contributed by atoms with Gasteiger partial charge in [0.2, 0.25) is 0 Å². The van der Waals surface area contributed by atoms with Crippen molar-refractivity contribution in [2.24, 2.45) is 0 Å². The lowest BCUT2D eigenvalue weighted by Crippen LogP contribution is -2.49. The summed E-state index contributed by atoms with van der Waals surface area (Å²) < 4.78 is 11.3. The molecule has 0 aliphatic rings. The maximum Gasteiger partial charge on any atom is 0.276 e. The largest absolute Gasteiger partial charge is 0.490 e. The third-order valence-corrected chi connectivity index (χ3v) is 4.39. The van der Waals surface area contributed by atoms with Crippen molar-refractivity contribution in [1.29, 1.82) is 0 Å². The lowest BCUT2D eigenvalue weighted by molar-refractivity contribution is -0.123. The van der Waals surface area contributed by atoms with Gasteiger partial charge in [-0.25, -0.2) is 0 Å². The Morgan fingerprint density at radius 3 is 2.39 bits per heavy atom. The second-order valence-corrected chi connectivity index (χ2v) is 8.01. The molecular formula is C23H29N3O4S. The number of para-hydroxylation sites is 1. The highest BCUT2D eigenvalue weighted by Gasteiger charge is 2.15. The Kier molecular flexibility index (Phi) is 8.81. The van der Waals surface area contributed by atoms with E-state index in [2.05, 4.69) is 30.0 Å². The minimum absolute atomic E-state index is 0.0453. The highest BCUT2D eigenvalue weighted by molar-refractivity contribution is 7.80. The van der Waals surface area contributed by atoms with Crippen molar-refractivity contribution in [3.05, 3.63) is 59.2 Å². The van der Waals surface area contributed by atoms with Crippen molar-refractivity contribution in [2.45, 2.75) is 46.6 Å². The lowest BCUT2D eigenvalue weighted by atomic mass is 10.0. The summed E-state index contributed by atoms with van der Waals surface area (Å²) in [5.74, 6) is 0.510. The zero-order valence-electron chi connectivity index (χ0n) is 18.4. The fourth-order valence-electron chi connectivity index (χ4n) is 2.76. The first-order chi connectivity index (χ1) is 14.7. The van der Waals surface area contributed by atoms with Crippen molar-refractivity contribution in [1.82, 2.24) is 16.2 Å². The van der Waals surface area contributed by atoms with Crippen LogP contribution in [0, 0.1) is 6.92 Å². The van der Waals surface area contributed by atoms with E-state index in [-0.39, 0.29) is 23.7 Å². The zero-order chi connectivity index (χ0) is 23.0. The molecule has 0 radical (unpaired) electrons. The molecule has 0 saturated carbocycles. The summed E-state index contributed by atoms with van der Waals surface area (Å²) in [6.07, 6.45) is -0.0806. The monoisotopic (exact) mass is 443 g/mol. The first-order valence-corrected chi connectivity index (χ1v) is 10.5. The first kappa shape index (κ1) is 24.1. The number of carbonyl (C=O) groups is 2. The average molecular weight is 444 g/mol. The molecule has 2 aromatic rings. The second-order valence-electron chi connectivity index (χ2n) is 7.60. The number of hydrogen-bond acceptors (Lipinski definition) is 5. The number of benzene rings is 2. The molecule has 0 fully saturated rings. The number of hydrazine groups is 1. The van der Waals surface area contributed by atoms with Crippen molar-refractivity contribution in [3.63, 3.8) is 0 Å². The molecule has 0 aliphatic heterocycles. The fraction of sp³-hybridized carbons (Fsp3) is 0.348. The molecule has 8 heteroatoms. The Bertz CT molecular complexity index is 944. The molecule has 166 valence electrons. The van der Waals surface area contributed by atoms with E-state index < -0.39 is 11.8 Å². The zero-order valence-corrected chi connectivity index (χ0v) is 19.3. The van der Waals surface area contributed by atoms with Crippen LogP contribution in [0.2, 0.25) is 0 Å². The van der Waals surface area contributed by atoms with Gasteiger partial charge in [0, 0.05) is 0 Å². The molecule has 0 atom stereocenters. The Morgan fingerprint density at radius 1 is 1.00 bits per heavy atom. The molecule has 3 N–H and O–H groups in total. The molecule has 0 spiro atoms. The molecule has 31 heavy (non-hydrogen) atoms. The van der Waals surface area contributed by atoms with Gasteiger partial charge in [-0.05, 0) is 68.2 Å². The Hall–Kier alpha value is -3.13. The van der Waals surface area contributed by atoms with E-state index in [1.54, 1.807) is 24.3 Å². The van der Waals surface area contributed by atoms with Crippen LogP contribution in [0.1, 0.15) is 55.1 Å². The summed E-state index contributed by atoms with van der Waals surface area (Å²) >= 11 is 5.09. The average Bonchev–Trinajstić information content (AvgIpc) is 2.70. The van der Waals surface area contributed by atoms with Gasteiger partial charge in [-0.1, -0.05) is 38.1 Å². The first-order valence-electron chi connectivity index (χ1n) is 10.1. The highest BCUT2D eigenvalue weighted by atomic mass is 32.1. The van der Waals surface area contributed by atoms with Crippen LogP contribution in [0.25, 0.3) is 0 Å². The molecule has 0 aromatic heterocycles. The quantitative estimate of drug-likeness (QED) is 0.447. The Balaban J connectivity index is 1.86. The third-order valence-electron chi connectivity index (χ3n) is 4.19. The van der Waals surface area contributed by atoms with Crippen molar-refractivity contribution < 1.29 is 19.1 Å². The topological polar surface area (TPSA) is 88.7 Å². The van der Waals surface area contributed by atoms with Crippen LogP contribution >= 0.6 is 12.2 Å². The van der Waals surface area contributed by atoms with E-state index in [4.69, 9.17) is 21.7 Å². The predicted octanol–water partition coefficient (Wildman–Crippen LogP) is 3.62. The van der Waals surface area contributed by atoms with Crippen LogP contribution in [0.3, 0.4) is 0 Å². The van der Waals surface area contributed by atoms with Crippen LogP contribution in [-0.2, 0) is 4.79 Å². The molecule has 0 heterocycles. The van der Waals surface area contributed by atoms with Gasteiger partial charge in [0.1, 0.15) is 11.5 Å². The smallest absolute Gasteiger partial charge is 0.276 e. The summed E-state index contributed by atoms with van der Waals surface area (Å²) in [6, 6.07) is 12.8. The standard InChI is InChI=1S/C23H29N3O4S/c1-14(2)17-11-10-16(5)12-20(17)29-13-21(27)25-26-23(31)24-22(28)18-8-6-7-9-19(18)30-15(3)4/h6-12,14-15H,13H2,1-5H3,(H,25,27)(H2,24,26,28,31). The van der Waals surface area contributed by atoms with Crippen molar-refractivity contribution in [2.75, 3.05) is 6.61 Å². The Labute approximate surface area is 188 Å². The van der Waals surface area contributed by atoms with Gasteiger partial charge in [0.05, 0.1) is 11.7 Å². The van der Waals surface area contributed by atoms with Gasteiger partial charge in [-0.15, -0.1) is 0 Å². The van der Waals surface area contributed by atoms with Gasteiger partial charge in [0.15, 0.2) is 11.7 Å². The van der Waals surface area contributed by atoms with Gasteiger partial charge in [-0.3, -0.25) is 25.8 Å². The minimum Gasteiger partial charge on any atom is -0.490 e. The van der Waals surface area contributed by atoms with Crippen LogP contribution in [0.5, 0.6) is 11.5 Å². The molecular weight excluding hydrogens is 414 g/mol. The van der Waals surface area contributed by atoms with Gasteiger partial charge in [0.25, 0.3) is 11.8 Å². The summed E-state index contributed by atoms with van der Waals surface area (Å²) in [5.41, 5.74) is 7.34. The summed E-state index contributed by atoms with van der Waals surface area (Å²) in [6.45, 7) is 9.63. The number of rotatable bonds is 7. The highest BCUT2D eigenvalue weighted by Crippen LogP contribution is 2.27. The lowest BCUT2D eigenvalue weighted by Gasteiger charge is -2.16. The minimum atomic E-state index is -0.444. The number of amides is 2. The maximum absolute atomic E-state index is 12.5. The molecule has 2 amide bonds. The summed E-state index contributed by atoms with van der Waals surface area (Å²) in [7, 11) is 0. The van der Waals surface area contributed by atoms with Gasteiger partial charge < -0.3 is 9.47 Å². The Morgan fingerprint density at radius 2 is 1.71 bits per heavy atom. The molecule has 2 rings (SSSR count). The fourth-order valence-corrected chi connectivity index (χ4v) is 2.91. The van der Waals surface area contributed by atoms with E-state index >= 15 is 0 Å². The van der Waals surface area contributed by atoms with Gasteiger partial charge >= 0.3 is 0 Å². The molecule has 0 saturated heterocycles.